The van der Waals surface area contributed by atoms with Crippen LogP contribution in [0.25, 0.3) is 0 Å². The smallest absolute Gasteiger partial charge is 0.227 e. The Morgan fingerprint density at radius 3 is 2.59 bits per heavy atom. The van der Waals surface area contributed by atoms with Gasteiger partial charge in [0.2, 0.25) is 5.91 Å². The SMILES string of the molecule is Cc1ccccc1CC(=O)N1CCN(Cc2ccc(F)cc2)C(CCO)C1. The average molecular weight is 370 g/mol. The number of aliphatic hydroxyl groups excluding tert-OH is 1. The molecular weight excluding hydrogens is 343 g/mol. The van der Waals surface area contributed by atoms with Crippen LogP contribution in [0.3, 0.4) is 0 Å². The van der Waals surface area contributed by atoms with Crippen molar-refractivity contribution in [2.24, 2.45) is 0 Å². The van der Waals surface area contributed by atoms with Crippen molar-refractivity contribution in [3.8, 4) is 0 Å². The summed E-state index contributed by atoms with van der Waals surface area (Å²) in [5.74, 6) is -0.106. The van der Waals surface area contributed by atoms with Gasteiger partial charge in [-0.3, -0.25) is 9.69 Å². The van der Waals surface area contributed by atoms with Crippen molar-refractivity contribution >= 4 is 5.91 Å². The molecule has 144 valence electrons. The third-order valence-corrected chi connectivity index (χ3v) is 5.32. The summed E-state index contributed by atoms with van der Waals surface area (Å²) in [6.07, 6.45) is 1.03. The standard InChI is InChI=1S/C22H27FN2O2/c1-17-4-2-3-5-19(17)14-22(27)25-12-11-24(21(16-25)10-13-26)15-18-6-8-20(23)9-7-18/h2-9,21,26H,10-16H2,1H3. The molecule has 1 fully saturated rings. The fourth-order valence-corrected chi connectivity index (χ4v) is 3.66. The van der Waals surface area contributed by atoms with Crippen LogP contribution >= 0.6 is 0 Å². The largest absolute Gasteiger partial charge is 0.396 e. The maximum Gasteiger partial charge on any atom is 0.227 e. The number of aryl methyl sites for hydroxylation is 1. The maximum atomic E-state index is 13.1. The van der Waals surface area contributed by atoms with Crippen LogP contribution in [-0.2, 0) is 17.8 Å². The molecule has 0 spiro atoms. The Morgan fingerprint density at radius 2 is 1.89 bits per heavy atom. The highest BCUT2D eigenvalue weighted by Crippen LogP contribution is 2.18. The van der Waals surface area contributed by atoms with Gasteiger partial charge in [0.15, 0.2) is 0 Å². The average Bonchev–Trinajstić information content (AvgIpc) is 2.67. The first-order valence-corrected chi connectivity index (χ1v) is 9.48. The first kappa shape index (κ1) is 19.5. The molecular formula is C22H27FN2O2. The predicted octanol–water partition coefficient (Wildman–Crippen LogP) is 2.77. The van der Waals surface area contributed by atoms with E-state index in [1.54, 1.807) is 12.1 Å². The molecule has 5 heteroatoms. The number of carbonyl (C=O) groups excluding carboxylic acids is 1. The molecule has 2 aromatic rings. The molecule has 1 saturated heterocycles. The highest BCUT2D eigenvalue weighted by molar-refractivity contribution is 5.79. The second-order valence-electron chi connectivity index (χ2n) is 7.21. The highest BCUT2D eigenvalue weighted by atomic mass is 19.1. The van der Waals surface area contributed by atoms with Crippen molar-refractivity contribution < 1.29 is 14.3 Å². The van der Waals surface area contributed by atoms with Crippen molar-refractivity contribution in [2.75, 3.05) is 26.2 Å². The number of carbonyl (C=O) groups is 1. The number of benzene rings is 2. The van der Waals surface area contributed by atoms with Crippen LogP contribution in [0.15, 0.2) is 48.5 Å². The summed E-state index contributed by atoms with van der Waals surface area (Å²) in [4.78, 5) is 17.0. The van der Waals surface area contributed by atoms with E-state index in [4.69, 9.17) is 0 Å². The molecule has 1 aliphatic rings. The van der Waals surface area contributed by atoms with Crippen LogP contribution < -0.4 is 0 Å². The van der Waals surface area contributed by atoms with Crippen LogP contribution in [0.2, 0.25) is 0 Å². The van der Waals surface area contributed by atoms with Crippen LogP contribution in [0, 0.1) is 12.7 Å². The Balaban J connectivity index is 1.63. The molecule has 1 aliphatic heterocycles. The van der Waals surface area contributed by atoms with Gasteiger partial charge in [0, 0.05) is 38.8 Å². The van der Waals surface area contributed by atoms with Gasteiger partial charge in [-0.25, -0.2) is 4.39 Å². The van der Waals surface area contributed by atoms with Crippen LogP contribution in [0.4, 0.5) is 4.39 Å². The van der Waals surface area contributed by atoms with Crippen molar-refractivity contribution in [1.82, 2.24) is 9.80 Å². The lowest BCUT2D eigenvalue weighted by Gasteiger charge is -2.41. The molecule has 0 aromatic heterocycles. The Kier molecular flexibility index (Phi) is 6.58. The fourth-order valence-electron chi connectivity index (χ4n) is 3.66. The van der Waals surface area contributed by atoms with Gasteiger partial charge in [-0.1, -0.05) is 36.4 Å². The van der Waals surface area contributed by atoms with Crippen molar-refractivity contribution in [3.05, 3.63) is 71.0 Å². The summed E-state index contributed by atoms with van der Waals surface area (Å²) in [6.45, 7) is 4.86. The maximum absolute atomic E-state index is 13.1. The molecule has 1 heterocycles. The van der Waals surface area contributed by atoms with E-state index in [2.05, 4.69) is 4.90 Å². The fraction of sp³-hybridized carbons (Fsp3) is 0.409. The van der Waals surface area contributed by atoms with Gasteiger partial charge in [0.1, 0.15) is 5.82 Å². The van der Waals surface area contributed by atoms with E-state index in [1.807, 2.05) is 36.1 Å². The Morgan fingerprint density at radius 1 is 1.15 bits per heavy atom. The number of aliphatic hydroxyl groups is 1. The van der Waals surface area contributed by atoms with E-state index in [1.165, 1.54) is 12.1 Å². The number of hydrogen-bond donors (Lipinski definition) is 1. The van der Waals surface area contributed by atoms with E-state index in [0.717, 1.165) is 23.2 Å². The quantitative estimate of drug-likeness (QED) is 0.850. The van der Waals surface area contributed by atoms with Gasteiger partial charge in [0.25, 0.3) is 0 Å². The molecule has 0 aliphatic carbocycles. The monoisotopic (exact) mass is 370 g/mol. The minimum absolute atomic E-state index is 0.0877. The molecule has 0 radical (unpaired) electrons. The number of halogens is 1. The minimum Gasteiger partial charge on any atom is -0.396 e. The van der Waals surface area contributed by atoms with E-state index >= 15 is 0 Å². The number of amides is 1. The Hall–Kier alpha value is -2.24. The number of nitrogens with zero attached hydrogens (tertiary/aromatic N) is 2. The molecule has 1 amide bonds. The molecule has 27 heavy (non-hydrogen) atoms. The second-order valence-corrected chi connectivity index (χ2v) is 7.21. The lowest BCUT2D eigenvalue weighted by atomic mass is 10.0. The van der Waals surface area contributed by atoms with Gasteiger partial charge in [-0.15, -0.1) is 0 Å². The summed E-state index contributed by atoms with van der Waals surface area (Å²) in [5, 5.41) is 9.46. The molecule has 1 N–H and O–H groups in total. The molecule has 3 rings (SSSR count). The zero-order valence-electron chi connectivity index (χ0n) is 15.8. The van der Waals surface area contributed by atoms with Gasteiger partial charge in [-0.05, 0) is 42.2 Å². The number of piperazine rings is 1. The Labute approximate surface area is 160 Å². The van der Waals surface area contributed by atoms with Crippen molar-refractivity contribution in [2.45, 2.75) is 32.4 Å². The summed E-state index contributed by atoms with van der Waals surface area (Å²) in [7, 11) is 0. The van der Waals surface area contributed by atoms with Gasteiger partial charge < -0.3 is 10.0 Å². The third kappa shape index (κ3) is 5.15. The van der Waals surface area contributed by atoms with Crippen LogP contribution in [-0.4, -0.2) is 53.1 Å². The predicted molar refractivity (Wildman–Crippen MR) is 104 cm³/mol. The first-order chi connectivity index (χ1) is 13.1. The topological polar surface area (TPSA) is 43.8 Å². The Bertz CT molecular complexity index is 763. The van der Waals surface area contributed by atoms with Crippen LogP contribution in [0.5, 0.6) is 0 Å². The van der Waals surface area contributed by atoms with Gasteiger partial charge in [-0.2, -0.15) is 0 Å². The zero-order chi connectivity index (χ0) is 19.2. The number of hydrogen-bond acceptors (Lipinski definition) is 3. The summed E-state index contributed by atoms with van der Waals surface area (Å²) < 4.78 is 13.1. The molecule has 2 aromatic carbocycles. The third-order valence-electron chi connectivity index (χ3n) is 5.32. The van der Waals surface area contributed by atoms with Gasteiger partial charge in [0.05, 0.1) is 6.42 Å². The van der Waals surface area contributed by atoms with Gasteiger partial charge >= 0.3 is 0 Å². The van der Waals surface area contributed by atoms with Crippen molar-refractivity contribution in [1.29, 1.82) is 0 Å². The summed E-state index contributed by atoms with van der Waals surface area (Å²) >= 11 is 0. The van der Waals surface area contributed by atoms with E-state index in [0.29, 0.717) is 32.5 Å². The van der Waals surface area contributed by atoms with Crippen molar-refractivity contribution in [3.63, 3.8) is 0 Å². The molecule has 1 atom stereocenters. The molecule has 0 saturated carbocycles. The summed E-state index contributed by atoms with van der Waals surface area (Å²) in [6, 6.07) is 14.6. The highest BCUT2D eigenvalue weighted by Gasteiger charge is 2.29. The lowest BCUT2D eigenvalue weighted by Crippen LogP contribution is -2.54. The molecule has 4 nitrogen and oxygen atoms in total. The number of rotatable bonds is 6. The zero-order valence-corrected chi connectivity index (χ0v) is 15.8. The van der Waals surface area contributed by atoms with E-state index in [-0.39, 0.29) is 24.4 Å². The molecule has 0 bridgehead atoms. The van der Waals surface area contributed by atoms with Crippen LogP contribution in [0.1, 0.15) is 23.1 Å². The lowest BCUT2D eigenvalue weighted by molar-refractivity contribution is -0.133. The van der Waals surface area contributed by atoms with E-state index in [9.17, 15) is 14.3 Å². The normalized spacial score (nSPS) is 17.9. The second kappa shape index (κ2) is 9.11. The minimum atomic E-state index is -0.239. The summed E-state index contributed by atoms with van der Waals surface area (Å²) in [5.41, 5.74) is 3.24. The molecule has 1 unspecified atom stereocenters. The first-order valence-electron chi connectivity index (χ1n) is 9.48. The van der Waals surface area contributed by atoms with E-state index < -0.39 is 0 Å².